The third kappa shape index (κ3) is 2.31. The molecule has 0 saturated heterocycles. The highest BCUT2D eigenvalue weighted by Gasteiger charge is 2.00. The number of benzene rings is 1. The average molecular weight is 213 g/mol. The van der Waals surface area contributed by atoms with Crippen LogP contribution in [-0.2, 0) is 0 Å². The normalized spacial score (nSPS) is 10.1. The van der Waals surface area contributed by atoms with Gasteiger partial charge in [-0.25, -0.2) is 4.98 Å². The lowest BCUT2D eigenvalue weighted by Crippen LogP contribution is -1.98. The van der Waals surface area contributed by atoms with Gasteiger partial charge in [-0.3, -0.25) is 0 Å². The Bertz CT molecular complexity index is 506. The molecule has 0 amide bonds. The van der Waals surface area contributed by atoms with E-state index in [4.69, 9.17) is 5.73 Å². The predicted molar refractivity (Wildman–Crippen MR) is 67.8 cm³/mol. The maximum absolute atomic E-state index is 5.65. The van der Waals surface area contributed by atoms with Crippen molar-refractivity contribution < 1.29 is 0 Å². The van der Waals surface area contributed by atoms with Crippen molar-refractivity contribution in [2.24, 2.45) is 0 Å². The summed E-state index contributed by atoms with van der Waals surface area (Å²) in [6.45, 7) is 4.05. The van der Waals surface area contributed by atoms with E-state index < -0.39 is 0 Å². The van der Waals surface area contributed by atoms with Gasteiger partial charge in [-0.1, -0.05) is 12.1 Å². The van der Waals surface area contributed by atoms with E-state index in [2.05, 4.69) is 29.4 Å². The van der Waals surface area contributed by atoms with Gasteiger partial charge < -0.3 is 11.1 Å². The third-order valence-electron chi connectivity index (χ3n) is 2.38. The molecule has 0 saturated carbocycles. The van der Waals surface area contributed by atoms with Crippen molar-refractivity contribution in [2.45, 2.75) is 13.8 Å². The van der Waals surface area contributed by atoms with Gasteiger partial charge in [0.1, 0.15) is 5.82 Å². The molecule has 0 radical (unpaired) electrons. The fourth-order valence-corrected chi connectivity index (χ4v) is 1.59. The van der Waals surface area contributed by atoms with Crippen molar-refractivity contribution in [1.82, 2.24) is 4.98 Å². The molecule has 16 heavy (non-hydrogen) atoms. The summed E-state index contributed by atoms with van der Waals surface area (Å²) in [5.41, 5.74) is 9.65. The molecular weight excluding hydrogens is 198 g/mol. The lowest BCUT2D eigenvalue weighted by molar-refractivity contribution is 1.26. The Kier molecular flexibility index (Phi) is 2.77. The van der Waals surface area contributed by atoms with Crippen LogP contribution in [0.3, 0.4) is 0 Å². The Morgan fingerprint density at radius 2 is 2.00 bits per heavy atom. The summed E-state index contributed by atoms with van der Waals surface area (Å²) in [5, 5.41) is 3.27. The molecule has 1 aromatic heterocycles. The first kappa shape index (κ1) is 10.5. The van der Waals surface area contributed by atoms with Crippen LogP contribution in [-0.4, -0.2) is 4.98 Å². The van der Waals surface area contributed by atoms with Gasteiger partial charge in [0, 0.05) is 5.69 Å². The summed E-state index contributed by atoms with van der Waals surface area (Å²) >= 11 is 0. The highest BCUT2D eigenvalue weighted by molar-refractivity contribution is 5.61. The van der Waals surface area contributed by atoms with Gasteiger partial charge in [0.15, 0.2) is 0 Å². The van der Waals surface area contributed by atoms with E-state index in [1.165, 1.54) is 5.56 Å². The van der Waals surface area contributed by atoms with Gasteiger partial charge in [0.25, 0.3) is 0 Å². The lowest BCUT2D eigenvalue weighted by Gasteiger charge is -2.09. The Labute approximate surface area is 95.3 Å². The molecule has 3 N–H and O–H groups in total. The molecule has 0 fully saturated rings. The maximum Gasteiger partial charge on any atom is 0.133 e. The third-order valence-corrected chi connectivity index (χ3v) is 2.38. The first-order valence-corrected chi connectivity index (χ1v) is 5.21. The second-order valence-corrected chi connectivity index (χ2v) is 3.93. The minimum Gasteiger partial charge on any atom is -0.397 e. The van der Waals surface area contributed by atoms with Gasteiger partial charge in [-0.2, -0.15) is 0 Å². The van der Waals surface area contributed by atoms with Crippen LogP contribution in [0.5, 0.6) is 0 Å². The maximum atomic E-state index is 5.65. The molecule has 2 aromatic rings. The molecule has 0 aliphatic heterocycles. The molecule has 1 aromatic carbocycles. The second-order valence-electron chi connectivity index (χ2n) is 3.93. The zero-order valence-electron chi connectivity index (χ0n) is 9.49. The molecule has 0 atom stereocenters. The van der Waals surface area contributed by atoms with E-state index in [-0.39, 0.29) is 0 Å². The van der Waals surface area contributed by atoms with E-state index >= 15 is 0 Å². The summed E-state index contributed by atoms with van der Waals surface area (Å²) in [4.78, 5) is 4.27. The zero-order valence-corrected chi connectivity index (χ0v) is 9.49. The number of nitrogens with two attached hydrogens (primary N) is 1. The summed E-state index contributed by atoms with van der Waals surface area (Å²) < 4.78 is 0. The Morgan fingerprint density at radius 1 is 1.19 bits per heavy atom. The van der Waals surface area contributed by atoms with Crippen molar-refractivity contribution in [1.29, 1.82) is 0 Å². The number of aromatic nitrogens is 1. The quantitative estimate of drug-likeness (QED) is 0.806. The summed E-state index contributed by atoms with van der Waals surface area (Å²) in [6, 6.07) is 10.1. The van der Waals surface area contributed by atoms with Crippen LogP contribution in [0.15, 0.2) is 36.5 Å². The molecule has 0 unspecified atom stereocenters. The number of aryl methyl sites for hydroxylation is 2. The molecule has 0 spiro atoms. The Hall–Kier alpha value is -2.03. The van der Waals surface area contributed by atoms with E-state index in [9.17, 15) is 0 Å². The lowest BCUT2D eigenvalue weighted by atomic mass is 10.2. The number of nitrogens with one attached hydrogen (secondary N) is 1. The molecular formula is C13H15N3. The van der Waals surface area contributed by atoms with Gasteiger partial charge >= 0.3 is 0 Å². The van der Waals surface area contributed by atoms with E-state index in [0.717, 1.165) is 17.1 Å². The molecule has 3 heteroatoms. The fraction of sp³-hybridized carbons (Fsp3) is 0.154. The number of pyridine rings is 1. The zero-order chi connectivity index (χ0) is 11.5. The van der Waals surface area contributed by atoms with Crippen molar-refractivity contribution in [2.75, 3.05) is 11.1 Å². The van der Waals surface area contributed by atoms with Gasteiger partial charge in [-0.15, -0.1) is 0 Å². The monoisotopic (exact) mass is 213 g/mol. The average Bonchev–Trinajstić information content (AvgIpc) is 2.22. The Balaban J connectivity index is 2.27. The van der Waals surface area contributed by atoms with Crippen molar-refractivity contribution >= 4 is 17.2 Å². The molecule has 2 rings (SSSR count). The van der Waals surface area contributed by atoms with Crippen molar-refractivity contribution in [3.8, 4) is 0 Å². The van der Waals surface area contributed by atoms with Crippen molar-refractivity contribution in [3.63, 3.8) is 0 Å². The van der Waals surface area contributed by atoms with Gasteiger partial charge in [0.05, 0.1) is 11.9 Å². The number of hydrogen-bond acceptors (Lipinski definition) is 3. The number of nitrogens with zero attached hydrogens (tertiary/aromatic N) is 1. The Morgan fingerprint density at radius 3 is 2.69 bits per heavy atom. The van der Waals surface area contributed by atoms with Crippen LogP contribution in [0.1, 0.15) is 11.1 Å². The number of rotatable bonds is 2. The van der Waals surface area contributed by atoms with Gasteiger partial charge in [-0.05, 0) is 43.2 Å². The van der Waals surface area contributed by atoms with Crippen LogP contribution in [0.25, 0.3) is 0 Å². The fourth-order valence-electron chi connectivity index (χ4n) is 1.59. The molecule has 82 valence electrons. The predicted octanol–water partition coefficient (Wildman–Crippen LogP) is 3.02. The standard InChI is InChI=1S/C13H15N3/c1-9-4-3-5-12(6-9)16-13-10(2)7-11(14)8-15-13/h3-8H,14H2,1-2H3,(H,15,16). The minimum absolute atomic E-state index is 0.687. The number of anilines is 3. The van der Waals surface area contributed by atoms with Gasteiger partial charge in [0.2, 0.25) is 0 Å². The largest absolute Gasteiger partial charge is 0.397 e. The van der Waals surface area contributed by atoms with Crippen LogP contribution >= 0.6 is 0 Å². The molecule has 0 aliphatic carbocycles. The van der Waals surface area contributed by atoms with Crippen LogP contribution < -0.4 is 11.1 Å². The molecule has 3 nitrogen and oxygen atoms in total. The first-order valence-electron chi connectivity index (χ1n) is 5.21. The highest BCUT2D eigenvalue weighted by Crippen LogP contribution is 2.20. The topological polar surface area (TPSA) is 50.9 Å². The summed E-state index contributed by atoms with van der Waals surface area (Å²) in [5.74, 6) is 0.847. The van der Waals surface area contributed by atoms with Crippen LogP contribution in [0.2, 0.25) is 0 Å². The van der Waals surface area contributed by atoms with E-state index in [1.807, 2.05) is 25.1 Å². The summed E-state index contributed by atoms with van der Waals surface area (Å²) in [6.07, 6.45) is 1.66. The summed E-state index contributed by atoms with van der Waals surface area (Å²) in [7, 11) is 0. The number of hydrogen-bond donors (Lipinski definition) is 2. The molecule has 0 bridgehead atoms. The molecule has 1 heterocycles. The van der Waals surface area contributed by atoms with E-state index in [0.29, 0.717) is 5.69 Å². The SMILES string of the molecule is Cc1cccc(Nc2ncc(N)cc2C)c1. The first-order chi connectivity index (χ1) is 7.65. The second kappa shape index (κ2) is 4.23. The number of nitrogen functional groups attached to an aromatic ring is 1. The molecule has 0 aliphatic rings. The van der Waals surface area contributed by atoms with Crippen molar-refractivity contribution in [3.05, 3.63) is 47.7 Å². The smallest absolute Gasteiger partial charge is 0.133 e. The van der Waals surface area contributed by atoms with Crippen LogP contribution in [0.4, 0.5) is 17.2 Å². The minimum atomic E-state index is 0.687. The van der Waals surface area contributed by atoms with E-state index in [1.54, 1.807) is 6.20 Å². The van der Waals surface area contributed by atoms with Crippen LogP contribution in [0, 0.1) is 13.8 Å². The highest BCUT2D eigenvalue weighted by atomic mass is 15.0.